The molecule has 0 radical (unpaired) electrons. The van der Waals surface area contributed by atoms with Crippen molar-refractivity contribution < 1.29 is 0 Å². The van der Waals surface area contributed by atoms with E-state index in [-0.39, 0.29) is 0 Å². The summed E-state index contributed by atoms with van der Waals surface area (Å²) in [5.41, 5.74) is 1.33. The second-order valence-corrected chi connectivity index (χ2v) is 6.93. The first-order valence-electron chi connectivity index (χ1n) is 7.53. The van der Waals surface area contributed by atoms with Gasteiger partial charge in [-0.1, -0.05) is 13.8 Å². The fourth-order valence-corrected chi connectivity index (χ4v) is 3.64. The lowest BCUT2D eigenvalue weighted by atomic mass is 10.0. The van der Waals surface area contributed by atoms with E-state index < -0.39 is 0 Å². The van der Waals surface area contributed by atoms with Crippen molar-refractivity contribution in [2.45, 2.75) is 32.4 Å². The van der Waals surface area contributed by atoms with E-state index in [0.717, 1.165) is 26.2 Å². The van der Waals surface area contributed by atoms with E-state index in [1.165, 1.54) is 15.4 Å². The summed E-state index contributed by atoms with van der Waals surface area (Å²) >= 11 is 1.85. The summed E-state index contributed by atoms with van der Waals surface area (Å²) < 4.78 is 0. The quantitative estimate of drug-likeness (QED) is 0.943. The van der Waals surface area contributed by atoms with Gasteiger partial charge in [0, 0.05) is 49.1 Å². The van der Waals surface area contributed by atoms with Crippen LogP contribution in [0.5, 0.6) is 0 Å². The molecule has 0 amide bonds. The van der Waals surface area contributed by atoms with Crippen LogP contribution in [0.2, 0.25) is 0 Å². The van der Waals surface area contributed by atoms with Gasteiger partial charge in [-0.05, 0) is 23.6 Å². The van der Waals surface area contributed by atoms with Gasteiger partial charge in [0.1, 0.15) is 5.01 Å². The summed E-state index contributed by atoms with van der Waals surface area (Å²) in [4.78, 5) is 12.6. The molecule has 0 aliphatic carbocycles. The Bertz CT molecular complexity index is 567. The minimum Gasteiger partial charge on any atom is -0.314 e. The van der Waals surface area contributed by atoms with Crippen LogP contribution in [-0.2, 0) is 6.54 Å². The Hall–Kier alpha value is -1.30. The molecule has 3 rings (SSSR count). The maximum atomic E-state index is 4.60. The maximum absolute atomic E-state index is 4.60. The summed E-state index contributed by atoms with van der Waals surface area (Å²) in [5.74, 6) is 0.565. The van der Waals surface area contributed by atoms with E-state index in [9.17, 15) is 0 Å². The van der Waals surface area contributed by atoms with Crippen LogP contribution in [0.4, 0.5) is 0 Å². The van der Waals surface area contributed by atoms with Crippen molar-refractivity contribution in [1.29, 1.82) is 0 Å². The lowest BCUT2D eigenvalue weighted by Gasteiger charge is -2.35. The molecule has 1 N–H and O–H groups in total. The standard InChI is InChI=1S/C16H22N4S/c1-12(2)15-10-19-16(21-15)11-20-8-7-18-9-14(20)13-3-5-17-6-4-13/h3-6,10,12,14,18H,7-9,11H2,1-2H3. The number of rotatable bonds is 4. The molecule has 3 heterocycles. The van der Waals surface area contributed by atoms with Gasteiger partial charge in [0.25, 0.3) is 0 Å². The minimum absolute atomic E-state index is 0.410. The number of hydrogen-bond acceptors (Lipinski definition) is 5. The number of hydrogen-bond donors (Lipinski definition) is 1. The zero-order valence-electron chi connectivity index (χ0n) is 12.6. The number of nitrogens with zero attached hydrogens (tertiary/aromatic N) is 3. The van der Waals surface area contributed by atoms with Gasteiger partial charge in [0.15, 0.2) is 0 Å². The Morgan fingerprint density at radius 1 is 1.38 bits per heavy atom. The summed E-state index contributed by atoms with van der Waals surface area (Å²) in [6, 6.07) is 4.64. The Balaban J connectivity index is 1.75. The van der Waals surface area contributed by atoms with Crippen molar-refractivity contribution in [1.82, 2.24) is 20.2 Å². The Morgan fingerprint density at radius 3 is 2.90 bits per heavy atom. The van der Waals surface area contributed by atoms with Crippen molar-refractivity contribution >= 4 is 11.3 Å². The van der Waals surface area contributed by atoms with Crippen LogP contribution in [-0.4, -0.2) is 34.5 Å². The Labute approximate surface area is 130 Å². The molecule has 1 aliphatic heterocycles. The highest BCUT2D eigenvalue weighted by Gasteiger charge is 2.24. The van der Waals surface area contributed by atoms with Crippen molar-refractivity contribution in [2.75, 3.05) is 19.6 Å². The van der Waals surface area contributed by atoms with Crippen molar-refractivity contribution in [3.8, 4) is 0 Å². The second-order valence-electron chi connectivity index (χ2n) is 5.78. The van der Waals surface area contributed by atoms with Crippen LogP contribution in [0, 0.1) is 0 Å². The molecule has 0 saturated carbocycles. The van der Waals surface area contributed by atoms with E-state index in [1.807, 2.05) is 29.9 Å². The number of aromatic nitrogens is 2. The second kappa shape index (κ2) is 6.64. The average molecular weight is 302 g/mol. The van der Waals surface area contributed by atoms with E-state index in [1.54, 1.807) is 0 Å². The summed E-state index contributed by atoms with van der Waals surface area (Å²) in [7, 11) is 0. The van der Waals surface area contributed by atoms with Gasteiger partial charge in [-0.15, -0.1) is 11.3 Å². The van der Waals surface area contributed by atoms with Gasteiger partial charge < -0.3 is 5.32 Å². The van der Waals surface area contributed by atoms with Crippen LogP contribution in [0.15, 0.2) is 30.7 Å². The fraction of sp³-hybridized carbons (Fsp3) is 0.500. The predicted octanol–water partition coefficient (Wildman–Crippen LogP) is 2.81. The molecule has 4 nitrogen and oxygen atoms in total. The van der Waals surface area contributed by atoms with Crippen molar-refractivity contribution in [3.63, 3.8) is 0 Å². The molecule has 0 spiro atoms. The molecule has 0 bridgehead atoms. The molecule has 0 aromatic carbocycles. The molecule has 1 unspecified atom stereocenters. The third-order valence-electron chi connectivity index (χ3n) is 3.92. The molecule has 112 valence electrons. The molecular formula is C16H22N4S. The highest BCUT2D eigenvalue weighted by atomic mass is 32.1. The van der Waals surface area contributed by atoms with Gasteiger partial charge >= 0.3 is 0 Å². The first-order chi connectivity index (χ1) is 10.2. The van der Waals surface area contributed by atoms with Gasteiger partial charge in [-0.3, -0.25) is 9.88 Å². The highest BCUT2D eigenvalue weighted by Crippen LogP contribution is 2.27. The third kappa shape index (κ3) is 3.48. The molecule has 1 aliphatic rings. The van der Waals surface area contributed by atoms with Crippen LogP contribution < -0.4 is 5.32 Å². The lowest BCUT2D eigenvalue weighted by molar-refractivity contribution is 0.153. The minimum atomic E-state index is 0.410. The molecule has 21 heavy (non-hydrogen) atoms. The van der Waals surface area contributed by atoms with Crippen LogP contribution in [0.25, 0.3) is 0 Å². The predicted molar refractivity (Wildman–Crippen MR) is 86.5 cm³/mol. The van der Waals surface area contributed by atoms with Crippen LogP contribution >= 0.6 is 11.3 Å². The van der Waals surface area contributed by atoms with Crippen LogP contribution in [0.1, 0.15) is 41.3 Å². The van der Waals surface area contributed by atoms with Gasteiger partial charge in [0.2, 0.25) is 0 Å². The van der Waals surface area contributed by atoms with Gasteiger partial charge in [-0.25, -0.2) is 4.98 Å². The van der Waals surface area contributed by atoms with Gasteiger partial charge in [0.05, 0.1) is 6.54 Å². The molecule has 1 atom stereocenters. The maximum Gasteiger partial charge on any atom is 0.107 e. The fourth-order valence-electron chi connectivity index (χ4n) is 2.69. The number of piperazine rings is 1. The first-order valence-corrected chi connectivity index (χ1v) is 8.35. The van der Waals surface area contributed by atoms with E-state index in [0.29, 0.717) is 12.0 Å². The van der Waals surface area contributed by atoms with Crippen LogP contribution in [0.3, 0.4) is 0 Å². The van der Waals surface area contributed by atoms with Crippen molar-refractivity contribution in [3.05, 3.63) is 46.2 Å². The normalized spacial score (nSPS) is 20.0. The van der Waals surface area contributed by atoms with Crippen molar-refractivity contribution in [2.24, 2.45) is 0 Å². The summed E-state index contributed by atoms with van der Waals surface area (Å²) in [5, 5.41) is 4.72. The SMILES string of the molecule is CC(C)c1cnc(CN2CCNCC2c2ccncc2)s1. The van der Waals surface area contributed by atoms with Gasteiger partial charge in [-0.2, -0.15) is 0 Å². The zero-order valence-corrected chi connectivity index (χ0v) is 13.4. The molecular weight excluding hydrogens is 280 g/mol. The monoisotopic (exact) mass is 302 g/mol. The smallest absolute Gasteiger partial charge is 0.107 e. The molecule has 5 heteroatoms. The number of pyridine rings is 1. The third-order valence-corrected chi connectivity index (χ3v) is 5.21. The summed E-state index contributed by atoms with van der Waals surface area (Å²) in [6.07, 6.45) is 5.79. The topological polar surface area (TPSA) is 41.1 Å². The number of nitrogens with one attached hydrogen (secondary N) is 1. The van der Waals surface area contributed by atoms with E-state index >= 15 is 0 Å². The Kier molecular flexibility index (Phi) is 4.63. The zero-order chi connectivity index (χ0) is 14.7. The molecule has 1 saturated heterocycles. The van der Waals surface area contributed by atoms with E-state index in [4.69, 9.17) is 0 Å². The lowest BCUT2D eigenvalue weighted by Crippen LogP contribution is -2.45. The Morgan fingerprint density at radius 2 is 2.19 bits per heavy atom. The molecule has 1 fully saturated rings. The highest BCUT2D eigenvalue weighted by molar-refractivity contribution is 7.11. The van der Waals surface area contributed by atoms with E-state index in [2.05, 4.69) is 46.2 Å². The first kappa shape index (κ1) is 14.6. The molecule has 2 aromatic rings. The average Bonchev–Trinajstić information content (AvgIpc) is 2.98. The number of thiazole rings is 1. The summed E-state index contributed by atoms with van der Waals surface area (Å²) in [6.45, 7) is 8.48. The molecule has 2 aromatic heterocycles. The largest absolute Gasteiger partial charge is 0.314 e.